The van der Waals surface area contributed by atoms with Crippen molar-refractivity contribution in [1.29, 1.82) is 0 Å². The predicted molar refractivity (Wildman–Crippen MR) is 116 cm³/mol. The Morgan fingerprint density at radius 1 is 1.10 bits per heavy atom. The maximum absolute atomic E-state index is 12.8. The fraction of sp³-hybridized carbons (Fsp3) is 0.182. The molecule has 0 unspecified atom stereocenters. The van der Waals surface area contributed by atoms with Crippen molar-refractivity contribution in [2.75, 3.05) is 25.6 Å². The third-order valence-electron chi connectivity index (χ3n) is 4.25. The molecule has 0 saturated heterocycles. The van der Waals surface area contributed by atoms with Crippen molar-refractivity contribution in [3.05, 3.63) is 71.5 Å². The highest BCUT2D eigenvalue weighted by Gasteiger charge is 2.17. The van der Waals surface area contributed by atoms with Crippen LogP contribution in [0.3, 0.4) is 0 Å². The third-order valence-corrected chi connectivity index (χ3v) is 4.55. The molecule has 2 amide bonds. The molecule has 0 spiro atoms. The third kappa shape index (κ3) is 5.12. The molecule has 2 aromatic carbocycles. The van der Waals surface area contributed by atoms with Crippen molar-refractivity contribution in [3.63, 3.8) is 0 Å². The summed E-state index contributed by atoms with van der Waals surface area (Å²) in [5.74, 6) is 0.379. The lowest BCUT2D eigenvalue weighted by Crippen LogP contribution is -2.28. The SMILES string of the molecule is CCNC(=O)COc1ccc(NC(=O)c2cc(Cl)c(-n3cccc3)cc2OC)cc1. The van der Waals surface area contributed by atoms with Crippen molar-refractivity contribution < 1.29 is 19.1 Å². The van der Waals surface area contributed by atoms with Gasteiger partial charge in [-0.1, -0.05) is 11.6 Å². The summed E-state index contributed by atoms with van der Waals surface area (Å²) in [4.78, 5) is 24.2. The number of aromatic nitrogens is 1. The zero-order valence-corrected chi connectivity index (χ0v) is 17.4. The minimum Gasteiger partial charge on any atom is -0.496 e. The summed E-state index contributed by atoms with van der Waals surface area (Å²) in [5, 5.41) is 5.88. The number of likely N-dealkylation sites (N-methyl/N-ethyl adjacent to an activating group) is 1. The monoisotopic (exact) mass is 427 g/mol. The van der Waals surface area contributed by atoms with Crippen molar-refractivity contribution in [2.45, 2.75) is 6.92 Å². The second kappa shape index (κ2) is 9.84. The van der Waals surface area contributed by atoms with E-state index in [9.17, 15) is 9.59 Å². The summed E-state index contributed by atoms with van der Waals surface area (Å²) in [6, 6.07) is 13.8. The molecule has 156 valence electrons. The van der Waals surface area contributed by atoms with E-state index in [0.29, 0.717) is 40.0 Å². The van der Waals surface area contributed by atoms with Crippen molar-refractivity contribution in [1.82, 2.24) is 9.88 Å². The molecule has 0 aliphatic heterocycles. The first-order chi connectivity index (χ1) is 14.5. The molecule has 0 radical (unpaired) electrons. The van der Waals surface area contributed by atoms with Crippen LogP contribution >= 0.6 is 11.6 Å². The smallest absolute Gasteiger partial charge is 0.259 e. The fourth-order valence-corrected chi connectivity index (χ4v) is 3.07. The lowest BCUT2D eigenvalue weighted by molar-refractivity contribution is -0.122. The number of halogens is 1. The van der Waals surface area contributed by atoms with Crippen LogP contribution in [0.1, 0.15) is 17.3 Å². The number of anilines is 1. The van der Waals surface area contributed by atoms with Crippen LogP contribution in [0, 0.1) is 0 Å². The lowest BCUT2D eigenvalue weighted by Gasteiger charge is -2.14. The number of methoxy groups -OCH3 is 1. The van der Waals surface area contributed by atoms with Gasteiger partial charge in [0.25, 0.3) is 11.8 Å². The van der Waals surface area contributed by atoms with E-state index in [-0.39, 0.29) is 18.4 Å². The molecule has 1 aromatic heterocycles. The van der Waals surface area contributed by atoms with Crippen molar-refractivity contribution >= 4 is 29.1 Å². The standard InChI is InChI=1S/C22H22ClN3O4/c1-3-24-21(27)14-30-16-8-6-15(7-9-16)25-22(28)17-12-18(23)19(13-20(17)29-2)26-10-4-5-11-26/h4-13H,3,14H2,1-2H3,(H,24,27)(H,25,28). The molecule has 1 heterocycles. The summed E-state index contributed by atoms with van der Waals surface area (Å²) in [5.41, 5.74) is 1.59. The number of nitrogens with one attached hydrogen (secondary N) is 2. The first kappa shape index (κ1) is 21.3. The molecule has 2 N–H and O–H groups in total. The topological polar surface area (TPSA) is 81.6 Å². The van der Waals surface area contributed by atoms with Gasteiger partial charge in [0.15, 0.2) is 6.61 Å². The van der Waals surface area contributed by atoms with Gasteiger partial charge in [0.2, 0.25) is 0 Å². The van der Waals surface area contributed by atoms with Gasteiger partial charge in [-0.15, -0.1) is 0 Å². The van der Waals surface area contributed by atoms with E-state index in [2.05, 4.69) is 10.6 Å². The normalized spacial score (nSPS) is 10.4. The molecule has 0 aliphatic rings. The van der Waals surface area contributed by atoms with E-state index in [1.165, 1.54) is 7.11 Å². The molecule has 0 aliphatic carbocycles. The largest absolute Gasteiger partial charge is 0.496 e. The van der Waals surface area contributed by atoms with Crippen LogP contribution in [0.15, 0.2) is 60.9 Å². The average molecular weight is 428 g/mol. The molecule has 8 heteroatoms. The lowest BCUT2D eigenvalue weighted by atomic mass is 10.1. The maximum atomic E-state index is 12.8. The molecule has 0 bridgehead atoms. The molecular formula is C22H22ClN3O4. The summed E-state index contributed by atoms with van der Waals surface area (Å²) < 4.78 is 12.6. The molecule has 3 aromatic rings. The predicted octanol–water partition coefficient (Wildman–Crippen LogP) is 3.91. The zero-order valence-electron chi connectivity index (χ0n) is 16.6. The van der Waals surface area contributed by atoms with Gasteiger partial charge in [-0.05, 0) is 49.4 Å². The molecule has 0 atom stereocenters. The number of hydrogen-bond acceptors (Lipinski definition) is 4. The van der Waals surface area contributed by atoms with Gasteiger partial charge < -0.3 is 24.7 Å². The van der Waals surface area contributed by atoms with Gasteiger partial charge in [-0.25, -0.2) is 0 Å². The highest BCUT2D eigenvalue weighted by molar-refractivity contribution is 6.33. The summed E-state index contributed by atoms with van der Waals surface area (Å²) in [7, 11) is 1.50. The minimum absolute atomic E-state index is 0.0665. The summed E-state index contributed by atoms with van der Waals surface area (Å²) in [6.07, 6.45) is 3.71. The Bertz CT molecular complexity index is 1020. The Morgan fingerprint density at radius 3 is 2.43 bits per heavy atom. The van der Waals surface area contributed by atoms with Crippen LogP contribution in [-0.4, -0.2) is 36.6 Å². The van der Waals surface area contributed by atoms with Gasteiger partial charge in [0.05, 0.1) is 23.4 Å². The first-order valence-corrected chi connectivity index (χ1v) is 9.71. The maximum Gasteiger partial charge on any atom is 0.259 e. The quantitative estimate of drug-likeness (QED) is 0.571. The van der Waals surface area contributed by atoms with Crippen LogP contribution < -0.4 is 20.1 Å². The molecule has 30 heavy (non-hydrogen) atoms. The average Bonchev–Trinajstić information content (AvgIpc) is 3.28. The molecule has 0 fully saturated rings. The van der Waals surface area contributed by atoms with E-state index in [0.717, 1.165) is 0 Å². The number of carbonyl (C=O) groups excluding carboxylic acids is 2. The van der Waals surface area contributed by atoms with Crippen LogP contribution in [0.5, 0.6) is 11.5 Å². The van der Waals surface area contributed by atoms with Gasteiger partial charge >= 0.3 is 0 Å². The molecule has 3 rings (SSSR count). The molecular weight excluding hydrogens is 406 g/mol. The Kier molecular flexibility index (Phi) is 6.98. The van der Waals surface area contributed by atoms with Crippen LogP contribution in [0.2, 0.25) is 5.02 Å². The molecule has 7 nitrogen and oxygen atoms in total. The number of hydrogen-bond donors (Lipinski definition) is 2. The van der Waals surface area contributed by atoms with Gasteiger partial charge in [0, 0.05) is 30.7 Å². The highest BCUT2D eigenvalue weighted by atomic mass is 35.5. The Morgan fingerprint density at radius 2 is 1.80 bits per heavy atom. The first-order valence-electron chi connectivity index (χ1n) is 9.33. The van der Waals surface area contributed by atoms with Gasteiger partial charge in [-0.3, -0.25) is 9.59 Å². The van der Waals surface area contributed by atoms with E-state index >= 15 is 0 Å². The van der Waals surface area contributed by atoms with E-state index < -0.39 is 0 Å². The number of carbonyl (C=O) groups is 2. The fourth-order valence-electron chi connectivity index (χ4n) is 2.81. The van der Waals surface area contributed by atoms with E-state index in [4.69, 9.17) is 21.1 Å². The van der Waals surface area contributed by atoms with E-state index in [1.54, 1.807) is 36.4 Å². The summed E-state index contributed by atoms with van der Waals surface area (Å²) >= 11 is 6.39. The van der Waals surface area contributed by atoms with Crippen molar-refractivity contribution in [3.8, 4) is 17.2 Å². The van der Waals surface area contributed by atoms with Crippen LogP contribution in [-0.2, 0) is 4.79 Å². The van der Waals surface area contributed by atoms with Gasteiger partial charge in [0.1, 0.15) is 11.5 Å². The second-order valence-corrected chi connectivity index (χ2v) is 6.72. The van der Waals surface area contributed by atoms with Gasteiger partial charge in [-0.2, -0.15) is 0 Å². The van der Waals surface area contributed by atoms with Crippen LogP contribution in [0.25, 0.3) is 5.69 Å². The zero-order chi connectivity index (χ0) is 21.5. The summed E-state index contributed by atoms with van der Waals surface area (Å²) in [6.45, 7) is 2.32. The number of rotatable bonds is 8. The number of ether oxygens (including phenoxy) is 2. The Balaban J connectivity index is 1.71. The number of benzene rings is 2. The van der Waals surface area contributed by atoms with Crippen molar-refractivity contribution in [2.24, 2.45) is 0 Å². The Labute approximate surface area is 179 Å². The van der Waals surface area contributed by atoms with E-state index in [1.807, 2.05) is 36.0 Å². The highest BCUT2D eigenvalue weighted by Crippen LogP contribution is 2.30. The molecule has 0 saturated carbocycles. The van der Waals surface area contributed by atoms with Crippen LogP contribution in [0.4, 0.5) is 5.69 Å². The number of amides is 2. The minimum atomic E-state index is -0.358. The number of nitrogens with zero attached hydrogens (tertiary/aromatic N) is 1. The second-order valence-electron chi connectivity index (χ2n) is 6.31. The Hall–Kier alpha value is -3.45.